The van der Waals surface area contributed by atoms with Crippen LogP contribution >= 0.6 is 0 Å². The molecule has 4 heteroatoms. The smallest absolute Gasteiger partial charge is 0.303 e. The molecule has 116 valence electrons. The number of benzene rings is 1. The molecule has 0 aromatic heterocycles. The monoisotopic (exact) mass is 291 g/mol. The molecule has 0 saturated carbocycles. The van der Waals surface area contributed by atoms with Gasteiger partial charge in [-0.15, -0.1) is 0 Å². The molecule has 0 radical (unpaired) electrons. The van der Waals surface area contributed by atoms with E-state index in [4.69, 9.17) is 5.11 Å². The van der Waals surface area contributed by atoms with Crippen molar-refractivity contribution >= 4 is 17.6 Å². The largest absolute Gasteiger partial charge is 0.481 e. The van der Waals surface area contributed by atoms with E-state index in [1.165, 1.54) is 5.56 Å². The van der Waals surface area contributed by atoms with Gasteiger partial charge >= 0.3 is 5.97 Å². The molecule has 0 fully saturated rings. The highest BCUT2D eigenvalue weighted by molar-refractivity contribution is 5.91. The number of carboxylic acid groups (broad SMARTS) is 1. The van der Waals surface area contributed by atoms with E-state index in [0.717, 1.165) is 11.3 Å². The molecule has 1 aromatic carbocycles. The summed E-state index contributed by atoms with van der Waals surface area (Å²) in [5, 5.41) is 11.5. The molecule has 0 bridgehead atoms. The highest BCUT2D eigenvalue weighted by Gasteiger charge is 2.12. The molecular formula is C17H25NO3. The van der Waals surface area contributed by atoms with Gasteiger partial charge in [-0.25, -0.2) is 0 Å². The molecule has 21 heavy (non-hydrogen) atoms. The highest BCUT2D eigenvalue weighted by Crippen LogP contribution is 2.28. The van der Waals surface area contributed by atoms with Gasteiger partial charge in [-0.2, -0.15) is 0 Å². The minimum Gasteiger partial charge on any atom is -0.481 e. The summed E-state index contributed by atoms with van der Waals surface area (Å²) in [5.74, 6) is -0.233. The van der Waals surface area contributed by atoms with Gasteiger partial charge in [-0.3, -0.25) is 9.59 Å². The van der Waals surface area contributed by atoms with Gasteiger partial charge in [0.15, 0.2) is 0 Å². The van der Waals surface area contributed by atoms with E-state index in [-0.39, 0.29) is 18.7 Å². The molecular weight excluding hydrogens is 266 g/mol. The first-order valence-corrected chi connectivity index (χ1v) is 7.46. The third kappa shape index (κ3) is 5.58. The Hall–Kier alpha value is -1.84. The zero-order chi connectivity index (χ0) is 16.0. The molecule has 0 unspecified atom stereocenters. The maximum atomic E-state index is 11.9. The highest BCUT2D eigenvalue weighted by atomic mass is 16.4. The molecule has 4 nitrogen and oxygen atoms in total. The topological polar surface area (TPSA) is 66.4 Å². The zero-order valence-electron chi connectivity index (χ0n) is 13.3. The average molecular weight is 291 g/mol. The second-order valence-electron chi connectivity index (χ2n) is 5.95. The van der Waals surface area contributed by atoms with Crippen LogP contribution in [0.2, 0.25) is 0 Å². The van der Waals surface area contributed by atoms with Gasteiger partial charge in [0.05, 0.1) is 0 Å². The number of nitrogens with one attached hydrogen (secondary N) is 1. The van der Waals surface area contributed by atoms with Gasteiger partial charge in [0, 0.05) is 18.5 Å². The Balaban J connectivity index is 2.78. The van der Waals surface area contributed by atoms with E-state index in [9.17, 15) is 9.59 Å². The van der Waals surface area contributed by atoms with Crippen molar-refractivity contribution in [2.75, 3.05) is 5.32 Å². The lowest BCUT2D eigenvalue weighted by Crippen LogP contribution is -2.14. The molecule has 1 rings (SSSR count). The minimum absolute atomic E-state index is 0.0245. The van der Waals surface area contributed by atoms with Crippen LogP contribution in [0.1, 0.15) is 69.9 Å². The van der Waals surface area contributed by atoms with Crippen LogP contribution in [0.25, 0.3) is 0 Å². The summed E-state index contributed by atoms with van der Waals surface area (Å²) in [6, 6.07) is 6.12. The Morgan fingerprint density at radius 1 is 1.10 bits per heavy atom. The minimum atomic E-state index is -0.869. The number of carboxylic acids is 1. The SMILES string of the molecule is CC(C)c1ccc(NC(=O)CCCC(=O)O)c(C(C)C)c1. The predicted molar refractivity (Wildman–Crippen MR) is 84.7 cm³/mol. The summed E-state index contributed by atoms with van der Waals surface area (Å²) in [5.41, 5.74) is 3.20. The fourth-order valence-corrected chi connectivity index (χ4v) is 2.14. The Labute approximate surface area is 126 Å². The first kappa shape index (κ1) is 17.2. The van der Waals surface area contributed by atoms with Crippen LogP contribution in [0.4, 0.5) is 5.69 Å². The first-order valence-electron chi connectivity index (χ1n) is 7.46. The van der Waals surface area contributed by atoms with Crippen molar-refractivity contribution in [1.29, 1.82) is 0 Å². The molecule has 0 heterocycles. The summed E-state index contributed by atoms with van der Waals surface area (Å²) in [6.07, 6.45) is 0.620. The van der Waals surface area contributed by atoms with Crippen molar-refractivity contribution in [2.45, 2.75) is 58.8 Å². The summed E-state index contributed by atoms with van der Waals surface area (Å²) >= 11 is 0. The number of rotatable bonds is 7. The summed E-state index contributed by atoms with van der Waals surface area (Å²) in [7, 11) is 0. The van der Waals surface area contributed by atoms with Crippen LogP contribution in [-0.4, -0.2) is 17.0 Å². The molecule has 0 aliphatic rings. The third-order valence-electron chi connectivity index (χ3n) is 3.43. The number of carbonyl (C=O) groups is 2. The lowest BCUT2D eigenvalue weighted by atomic mass is 9.94. The number of amides is 1. The normalized spacial score (nSPS) is 11.0. The van der Waals surface area contributed by atoms with Crippen LogP contribution < -0.4 is 5.32 Å². The lowest BCUT2D eigenvalue weighted by molar-refractivity contribution is -0.137. The number of aliphatic carboxylic acids is 1. The Morgan fingerprint density at radius 3 is 2.29 bits per heavy atom. The molecule has 0 atom stereocenters. The molecule has 0 saturated heterocycles. The molecule has 0 aliphatic heterocycles. The lowest BCUT2D eigenvalue weighted by Gasteiger charge is -2.17. The van der Waals surface area contributed by atoms with E-state index in [2.05, 4.69) is 39.1 Å². The Morgan fingerprint density at radius 2 is 1.76 bits per heavy atom. The maximum absolute atomic E-state index is 11.9. The van der Waals surface area contributed by atoms with Gasteiger partial charge in [0.2, 0.25) is 5.91 Å². The summed E-state index contributed by atoms with van der Waals surface area (Å²) < 4.78 is 0. The van der Waals surface area contributed by atoms with Gasteiger partial charge < -0.3 is 10.4 Å². The summed E-state index contributed by atoms with van der Waals surface area (Å²) in [6.45, 7) is 8.48. The number of hydrogen-bond donors (Lipinski definition) is 2. The van der Waals surface area contributed by atoms with Gasteiger partial charge in [-0.1, -0.05) is 39.8 Å². The van der Waals surface area contributed by atoms with Gasteiger partial charge in [0.25, 0.3) is 0 Å². The van der Waals surface area contributed by atoms with Crippen molar-refractivity contribution in [3.05, 3.63) is 29.3 Å². The fourth-order valence-electron chi connectivity index (χ4n) is 2.14. The van der Waals surface area contributed by atoms with Crippen LogP contribution in [-0.2, 0) is 9.59 Å². The predicted octanol–water partition coefficient (Wildman–Crippen LogP) is 4.13. The zero-order valence-corrected chi connectivity index (χ0v) is 13.3. The third-order valence-corrected chi connectivity index (χ3v) is 3.43. The van der Waals surface area contributed by atoms with Crippen molar-refractivity contribution in [3.63, 3.8) is 0 Å². The van der Waals surface area contributed by atoms with Crippen molar-refractivity contribution < 1.29 is 14.7 Å². The van der Waals surface area contributed by atoms with E-state index < -0.39 is 5.97 Å². The first-order chi connectivity index (χ1) is 9.81. The van der Waals surface area contributed by atoms with Crippen molar-refractivity contribution in [1.82, 2.24) is 0 Å². The van der Waals surface area contributed by atoms with Crippen LogP contribution in [0, 0.1) is 0 Å². The fraction of sp³-hybridized carbons (Fsp3) is 0.529. The quantitative estimate of drug-likeness (QED) is 0.794. The van der Waals surface area contributed by atoms with Crippen molar-refractivity contribution in [2.24, 2.45) is 0 Å². The van der Waals surface area contributed by atoms with E-state index in [0.29, 0.717) is 18.3 Å². The van der Waals surface area contributed by atoms with Crippen LogP contribution in [0.5, 0.6) is 0 Å². The van der Waals surface area contributed by atoms with E-state index in [1.807, 2.05) is 12.1 Å². The van der Waals surface area contributed by atoms with E-state index in [1.54, 1.807) is 0 Å². The molecule has 0 spiro atoms. The molecule has 0 aliphatic carbocycles. The Bertz CT molecular complexity index is 507. The van der Waals surface area contributed by atoms with Crippen LogP contribution in [0.3, 0.4) is 0 Å². The maximum Gasteiger partial charge on any atom is 0.303 e. The van der Waals surface area contributed by atoms with E-state index >= 15 is 0 Å². The van der Waals surface area contributed by atoms with Gasteiger partial charge in [0.1, 0.15) is 0 Å². The second-order valence-corrected chi connectivity index (χ2v) is 5.95. The summed E-state index contributed by atoms with van der Waals surface area (Å²) in [4.78, 5) is 22.3. The number of hydrogen-bond acceptors (Lipinski definition) is 2. The molecule has 2 N–H and O–H groups in total. The van der Waals surface area contributed by atoms with Crippen LogP contribution in [0.15, 0.2) is 18.2 Å². The second kappa shape index (κ2) is 7.81. The number of anilines is 1. The van der Waals surface area contributed by atoms with Crippen molar-refractivity contribution in [3.8, 4) is 0 Å². The van der Waals surface area contributed by atoms with Gasteiger partial charge in [-0.05, 0) is 35.4 Å². The molecule has 1 aromatic rings. The standard InChI is InChI=1S/C17H25NO3/c1-11(2)13-8-9-15(14(10-13)12(3)4)18-16(19)6-5-7-17(20)21/h8-12H,5-7H2,1-4H3,(H,18,19)(H,20,21). The Kier molecular flexibility index (Phi) is 6.40. The number of carbonyl (C=O) groups excluding carboxylic acids is 1. The average Bonchev–Trinajstić information content (AvgIpc) is 2.38. The molecule has 1 amide bonds.